The number of nitrogens with one attached hydrogen (secondary N) is 2. The van der Waals surface area contributed by atoms with Gasteiger partial charge < -0.3 is 10.2 Å². The van der Waals surface area contributed by atoms with Gasteiger partial charge in [-0.05, 0) is 19.3 Å². The minimum atomic E-state index is -0.280. The summed E-state index contributed by atoms with van der Waals surface area (Å²) in [6, 6.07) is 0. The molecule has 1 amide bonds. The van der Waals surface area contributed by atoms with Gasteiger partial charge in [-0.1, -0.05) is 0 Å². The molecule has 104 valence electrons. The van der Waals surface area contributed by atoms with Gasteiger partial charge in [0.25, 0.3) is 5.91 Å². The Morgan fingerprint density at radius 2 is 2.05 bits per heavy atom. The van der Waals surface area contributed by atoms with Gasteiger partial charge in [-0.25, -0.2) is 4.98 Å². The van der Waals surface area contributed by atoms with Crippen molar-refractivity contribution in [3.8, 4) is 0 Å². The van der Waals surface area contributed by atoms with Crippen LogP contribution in [0.4, 0.5) is 11.5 Å². The lowest BCUT2D eigenvalue weighted by Gasteiger charge is -2.27. The first kappa shape index (κ1) is 12.6. The van der Waals surface area contributed by atoms with Crippen LogP contribution in [0.15, 0.2) is 24.8 Å². The Morgan fingerprint density at radius 1 is 1.20 bits per heavy atom. The summed E-state index contributed by atoms with van der Waals surface area (Å²) in [5.74, 6) is 0.583. The molecular weight excluding hydrogens is 256 g/mol. The minimum Gasteiger partial charge on any atom is -0.355 e. The Hall–Kier alpha value is -2.44. The Kier molecular flexibility index (Phi) is 3.58. The van der Waals surface area contributed by atoms with E-state index >= 15 is 0 Å². The molecule has 0 bridgehead atoms. The highest BCUT2D eigenvalue weighted by Crippen LogP contribution is 2.25. The second-order valence-corrected chi connectivity index (χ2v) is 4.72. The van der Waals surface area contributed by atoms with Gasteiger partial charge in [-0.2, -0.15) is 5.10 Å². The Balaban J connectivity index is 1.75. The van der Waals surface area contributed by atoms with E-state index in [1.54, 1.807) is 6.20 Å². The molecule has 0 saturated carbocycles. The summed E-state index contributed by atoms with van der Waals surface area (Å²) in [7, 11) is 0. The highest BCUT2D eigenvalue weighted by atomic mass is 16.1. The predicted molar refractivity (Wildman–Crippen MR) is 74.6 cm³/mol. The van der Waals surface area contributed by atoms with Crippen LogP contribution in [-0.2, 0) is 0 Å². The summed E-state index contributed by atoms with van der Waals surface area (Å²) in [5, 5.41) is 9.81. The highest BCUT2D eigenvalue weighted by molar-refractivity contribution is 6.04. The zero-order chi connectivity index (χ0) is 13.8. The van der Waals surface area contributed by atoms with Crippen molar-refractivity contribution in [3.05, 3.63) is 30.5 Å². The molecule has 0 aromatic carbocycles. The van der Waals surface area contributed by atoms with E-state index in [4.69, 9.17) is 0 Å². The number of carbonyl (C=O) groups excluding carboxylic acids is 1. The van der Waals surface area contributed by atoms with Crippen LogP contribution in [0.3, 0.4) is 0 Å². The highest BCUT2D eigenvalue weighted by Gasteiger charge is 2.18. The first-order chi connectivity index (χ1) is 9.84. The molecule has 2 N–H and O–H groups in total. The zero-order valence-corrected chi connectivity index (χ0v) is 11.0. The topological polar surface area (TPSA) is 86.8 Å². The van der Waals surface area contributed by atoms with Crippen molar-refractivity contribution < 1.29 is 4.79 Å². The smallest absolute Gasteiger partial charge is 0.276 e. The molecule has 1 saturated heterocycles. The van der Waals surface area contributed by atoms with Crippen LogP contribution in [0.2, 0.25) is 0 Å². The Bertz CT molecular complexity index is 576. The number of nitrogens with zero attached hydrogens (tertiary/aromatic N) is 4. The number of amides is 1. The lowest BCUT2D eigenvalue weighted by Crippen LogP contribution is -2.30. The summed E-state index contributed by atoms with van der Waals surface area (Å²) >= 11 is 0. The molecule has 1 aliphatic heterocycles. The number of anilines is 2. The largest absolute Gasteiger partial charge is 0.355 e. The second kappa shape index (κ2) is 5.68. The molecule has 1 aliphatic rings. The van der Waals surface area contributed by atoms with Crippen LogP contribution in [0.1, 0.15) is 29.8 Å². The van der Waals surface area contributed by atoms with Crippen LogP contribution in [-0.4, -0.2) is 39.2 Å². The van der Waals surface area contributed by atoms with E-state index in [0.717, 1.165) is 31.7 Å². The Morgan fingerprint density at radius 3 is 2.80 bits per heavy atom. The van der Waals surface area contributed by atoms with Crippen LogP contribution < -0.4 is 10.2 Å². The molecule has 2 aromatic heterocycles. The standard InChI is InChI=1S/C13H16N6O/c20-13(11-8-14-4-5-15-11)17-10-9-16-18-12(10)19-6-2-1-3-7-19/h4-5,8-9H,1-3,6-7H2,(H,16,18)(H,17,20). The van der Waals surface area contributed by atoms with Gasteiger partial charge in [-0.3, -0.25) is 14.9 Å². The maximum absolute atomic E-state index is 12.1. The number of hydrogen-bond donors (Lipinski definition) is 2. The first-order valence-corrected chi connectivity index (χ1v) is 6.70. The van der Waals surface area contributed by atoms with Crippen molar-refractivity contribution >= 4 is 17.4 Å². The van der Waals surface area contributed by atoms with Gasteiger partial charge in [0.2, 0.25) is 0 Å². The SMILES string of the molecule is O=C(Nc1cn[nH]c1N1CCCCC1)c1cnccn1. The van der Waals surface area contributed by atoms with Gasteiger partial charge in [0.15, 0.2) is 0 Å². The van der Waals surface area contributed by atoms with Gasteiger partial charge in [0, 0.05) is 25.5 Å². The summed E-state index contributed by atoms with van der Waals surface area (Å²) < 4.78 is 0. The number of piperidine rings is 1. The van der Waals surface area contributed by atoms with Crippen molar-refractivity contribution in [1.82, 2.24) is 20.2 Å². The van der Waals surface area contributed by atoms with Crippen molar-refractivity contribution in [2.24, 2.45) is 0 Å². The summed E-state index contributed by atoms with van der Waals surface area (Å²) in [6.45, 7) is 1.96. The second-order valence-electron chi connectivity index (χ2n) is 4.72. The van der Waals surface area contributed by atoms with Crippen LogP contribution >= 0.6 is 0 Å². The lowest BCUT2D eigenvalue weighted by molar-refractivity contribution is 0.102. The molecule has 0 unspecified atom stereocenters. The summed E-state index contributed by atoms with van der Waals surface area (Å²) in [6.07, 6.45) is 9.68. The van der Waals surface area contributed by atoms with E-state index in [1.165, 1.54) is 25.0 Å². The Labute approximate surface area is 116 Å². The molecule has 7 heteroatoms. The maximum Gasteiger partial charge on any atom is 0.276 e. The molecule has 0 atom stereocenters. The minimum absolute atomic E-state index is 0.280. The lowest BCUT2D eigenvalue weighted by atomic mass is 10.1. The fraction of sp³-hybridized carbons (Fsp3) is 0.385. The molecule has 0 spiro atoms. The summed E-state index contributed by atoms with van der Waals surface area (Å²) in [4.78, 5) is 22.2. The average molecular weight is 272 g/mol. The van der Waals surface area contributed by atoms with E-state index in [9.17, 15) is 4.79 Å². The van der Waals surface area contributed by atoms with Gasteiger partial charge in [-0.15, -0.1) is 0 Å². The third kappa shape index (κ3) is 2.61. The van der Waals surface area contributed by atoms with E-state index in [-0.39, 0.29) is 5.91 Å². The molecule has 0 aliphatic carbocycles. The fourth-order valence-electron chi connectivity index (χ4n) is 2.33. The fourth-order valence-corrected chi connectivity index (χ4v) is 2.33. The van der Waals surface area contributed by atoms with Crippen molar-refractivity contribution in [2.75, 3.05) is 23.3 Å². The monoisotopic (exact) mass is 272 g/mol. The molecule has 20 heavy (non-hydrogen) atoms. The van der Waals surface area contributed by atoms with E-state index in [0.29, 0.717) is 11.4 Å². The maximum atomic E-state index is 12.1. The van der Waals surface area contributed by atoms with Crippen LogP contribution in [0.25, 0.3) is 0 Å². The first-order valence-electron chi connectivity index (χ1n) is 6.70. The third-order valence-electron chi connectivity index (χ3n) is 3.34. The number of H-pyrrole nitrogens is 1. The predicted octanol–water partition coefficient (Wildman–Crippen LogP) is 1.44. The van der Waals surface area contributed by atoms with Gasteiger partial charge in [0.05, 0.1) is 12.4 Å². The molecule has 3 rings (SSSR count). The number of rotatable bonds is 3. The normalized spacial score (nSPS) is 15.1. The molecular formula is C13H16N6O. The van der Waals surface area contributed by atoms with Crippen molar-refractivity contribution in [3.63, 3.8) is 0 Å². The molecule has 3 heterocycles. The average Bonchev–Trinajstić information content (AvgIpc) is 2.97. The number of aromatic nitrogens is 4. The van der Waals surface area contributed by atoms with Crippen LogP contribution in [0.5, 0.6) is 0 Å². The van der Waals surface area contributed by atoms with E-state index < -0.39 is 0 Å². The number of aromatic amines is 1. The molecule has 0 radical (unpaired) electrons. The van der Waals surface area contributed by atoms with Crippen molar-refractivity contribution in [1.29, 1.82) is 0 Å². The number of carbonyl (C=O) groups is 1. The quantitative estimate of drug-likeness (QED) is 0.883. The third-order valence-corrected chi connectivity index (χ3v) is 3.34. The summed E-state index contributed by atoms with van der Waals surface area (Å²) in [5.41, 5.74) is 0.973. The van der Waals surface area contributed by atoms with Gasteiger partial charge in [0.1, 0.15) is 17.2 Å². The zero-order valence-electron chi connectivity index (χ0n) is 11.0. The van der Waals surface area contributed by atoms with Crippen molar-refractivity contribution in [2.45, 2.75) is 19.3 Å². The molecule has 1 fully saturated rings. The van der Waals surface area contributed by atoms with E-state index in [1.807, 2.05) is 0 Å². The van der Waals surface area contributed by atoms with Crippen LogP contribution in [0, 0.1) is 0 Å². The molecule has 2 aromatic rings. The molecule has 7 nitrogen and oxygen atoms in total. The van der Waals surface area contributed by atoms with Gasteiger partial charge >= 0.3 is 0 Å². The number of hydrogen-bond acceptors (Lipinski definition) is 5. The van der Waals surface area contributed by atoms with E-state index in [2.05, 4.69) is 30.4 Å².